The highest BCUT2D eigenvalue weighted by Gasteiger charge is 2.36. The first kappa shape index (κ1) is 13.9. The fourth-order valence-electron chi connectivity index (χ4n) is 2.98. The van der Waals surface area contributed by atoms with E-state index in [1.807, 2.05) is 35.2 Å². The Balaban J connectivity index is 1.45. The quantitative estimate of drug-likeness (QED) is 0.854. The van der Waals surface area contributed by atoms with Crippen LogP contribution in [0.5, 0.6) is 0 Å². The van der Waals surface area contributed by atoms with Gasteiger partial charge in [-0.15, -0.1) is 11.3 Å². The lowest BCUT2D eigenvalue weighted by atomic mass is 10.2. The van der Waals surface area contributed by atoms with E-state index < -0.39 is 0 Å². The molecule has 6 heteroatoms. The minimum atomic E-state index is 0.0269. The first-order valence-corrected chi connectivity index (χ1v) is 8.29. The van der Waals surface area contributed by atoms with Crippen LogP contribution in [0.4, 0.5) is 0 Å². The lowest BCUT2D eigenvalue weighted by Crippen LogP contribution is -2.47. The van der Waals surface area contributed by atoms with Gasteiger partial charge in [0.1, 0.15) is 5.01 Å². The Morgan fingerprint density at radius 2 is 2.32 bits per heavy atom. The third kappa shape index (κ3) is 2.65. The van der Waals surface area contributed by atoms with Crippen LogP contribution < -0.4 is 5.32 Å². The fourth-order valence-corrected chi connectivity index (χ4v) is 3.85. The number of fused-ring (bicyclic) bond motifs is 2. The minimum Gasteiger partial charge on any atom is -0.373 e. The van der Waals surface area contributed by atoms with Crippen molar-refractivity contribution >= 4 is 33.5 Å². The number of nitrogens with one attached hydrogen (secondary N) is 1. The second-order valence-electron chi connectivity index (χ2n) is 5.57. The first-order valence-electron chi connectivity index (χ1n) is 7.47. The minimum absolute atomic E-state index is 0.0269. The van der Waals surface area contributed by atoms with Crippen LogP contribution in [0, 0.1) is 0 Å². The summed E-state index contributed by atoms with van der Waals surface area (Å²) in [4.78, 5) is 18.7. The smallest absolute Gasteiger partial charge is 0.246 e. The summed E-state index contributed by atoms with van der Waals surface area (Å²) in [6, 6.07) is 8.27. The van der Waals surface area contributed by atoms with Crippen LogP contribution >= 0.6 is 11.3 Å². The van der Waals surface area contributed by atoms with E-state index in [1.54, 1.807) is 17.4 Å². The van der Waals surface area contributed by atoms with Gasteiger partial charge in [-0.3, -0.25) is 4.79 Å². The van der Waals surface area contributed by atoms with Gasteiger partial charge in [-0.05, 0) is 18.2 Å². The molecule has 0 spiro atoms. The highest BCUT2D eigenvalue weighted by molar-refractivity contribution is 7.19. The van der Waals surface area contributed by atoms with Crippen molar-refractivity contribution < 1.29 is 9.53 Å². The van der Waals surface area contributed by atoms with E-state index >= 15 is 0 Å². The van der Waals surface area contributed by atoms with Crippen LogP contribution in [-0.4, -0.2) is 54.2 Å². The van der Waals surface area contributed by atoms with E-state index in [0.717, 1.165) is 28.4 Å². The second-order valence-corrected chi connectivity index (χ2v) is 6.63. The molecule has 4 rings (SSSR count). The zero-order valence-corrected chi connectivity index (χ0v) is 12.9. The summed E-state index contributed by atoms with van der Waals surface area (Å²) < 4.78 is 6.83. The summed E-state index contributed by atoms with van der Waals surface area (Å²) in [5, 5.41) is 4.27. The molecule has 2 aromatic rings. The third-order valence-corrected chi connectivity index (χ3v) is 5.10. The van der Waals surface area contributed by atoms with Crippen molar-refractivity contribution in [3.05, 3.63) is 35.3 Å². The first-order chi connectivity index (χ1) is 10.8. The molecule has 0 radical (unpaired) electrons. The topological polar surface area (TPSA) is 54.5 Å². The van der Waals surface area contributed by atoms with Gasteiger partial charge in [0.05, 0.1) is 29.0 Å². The molecule has 5 nitrogen and oxygen atoms in total. The highest BCUT2D eigenvalue weighted by atomic mass is 32.1. The largest absolute Gasteiger partial charge is 0.373 e. The summed E-state index contributed by atoms with van der Waals surface area (Å²) in [6.45, 7) is 2.98. The van der Waals surface area contributed by atoms with Crippen LogP contribution in [0.3, 0.4) is 0 Å². The average Bonchev–Trinajstić information content (AvgIpc) is 3.15. The Hall–Kier alpha value is -1.76. The van der Waals surface area contributed by atoms with Crippen LogP contribution in [0.15, 0.2) is 30.3 Å². The Bertz CT molecular complexity index is 680. The van der Waals surface area contributed by atoms with Crippen molar-refractivity contribution in [2.24, 2.45) is 0 Å². The predicted molar refractivity (Wildman–Crippen MR) is 86.8 cm³/mol. The normalized spacial score (nSPS) is 25.0. The van der Waals surface area contributed by atoms with Crippen molar-refractivity contribution in [3.8, 4) is 0 Å². The molecule has 2 aliphatic heterocycles. The molecule has 3 heterocycles. The maximum atomic E-state index is 12.3. The van der Waals surface area contributed by atoms with Crippen LogP contribution in [0.25, 0.3) is 16.3 Å². The van der Waals surface area contributed by atoms with E-state index in [2.05, 4.69) is 10.3 Å². The Morgan fingerprint density at radius 1 is 1.41 bits per heavy atom. The van der Waals surface area contributed by atoms with Gasteiger partial charge in [-0.2, -0.15) is 0 Å². The van der Waals surface area contributed by atoms with Crippen LogP contribution in [0.1, 0.15) is 5.01 Å². The number of benzene rings is 1. The third-order valence-electron chi connectivity index (χ3n) is 4.10. The van der Waals surface area contributed by atoms with Crippen molar-refractivity contribution in [2.75, 3.05) is 26.2 Å². The summed E-state index contributed by atoms with van der Waals surface area (Å²) >= 11 is 1.60. The average molecular weight is 315 g/mol. The highest BCUT2D eigenvalue weighted by Crippen LogP contribution is 2.23. The molecule has 0 bridgehead atoms. The van der Waals surface area contributed by atoms with E-state index in [-0.39, 0.29) is 18.1 Å². The number of nitrogens with zero attached hydrogens (tertiary/aromatic N) is 2. The zero-order valence-electron chi connectivity index (χ0n) is 12.1. The molecule has 1 N–H and O–H groups in total. The summed E-state index contributed by atoms with van der Waals surface area (Å²) in [5.41, 5.74) is 0.976. The monoisotopic (exact) mass is 315 g/mol. The number of amides is 1. The summed E-state index contributed by atoms with van der Waals surface area (Å²) in [6.07, 6.45) is 3.56. The Kier molecular flexibility index (Phi) is 3.65. The zero-order chi connectivity index (χ0) is 14.9. The number of thiazole rings is 1. The van der Waals surface area contributed by atoms with Crippen molar-refractivity contribution in [1.29, 1.82) is 0 Å². The molecule has 0 aliphatic carbocycles. The molecular formula is C16H17N3O2S. The molecular weight excluding hydrogens is 298 g/mol. The molecule has 2 fully saturated rings. The van der Waals surface area contributed by atoms with Gasteiger partial charge in [-0.25, -0.2) is 4.98 Å². The molecule has 0 unspecified atom stereocenters. The standard InChI is InChI=1S/C16H17N3O2S/c20-16(19-9-12-13(10-19)21-8-7-17-12)6-5-15-18-11-3-1-2-4-14(11)22-15/h1-6,12-13,17H,7-10H2/t12-,13-/m0/s1. The van der Waals surface area contributed by atoms with E-state index in [4.69, 9.17) is 4.74 Å². The number of ether oxygens (including phenoxy) is 1. The molecule has 1 aromatic carbocycles. The second kappa shape index (κ2) is 5.79. The van der Waals surface area contributed by atoms with Gasteiger partial charge in [-0.1, -0.05) is 12.1 Å². The van der Waals surface area contributed by atoms with Crippen LogP contribution in [-0.2, 0) is 9.53 Å². The van der Waals surface area contributed by atoms with Gasteiger partial charge in [0.2, 0.25) is 5.91 Å². The molecule has 2 aliphatic rings. The van der Waals surface area contributed by atoms with Gasteiger partial charge in [0.15, 0.2) is 0 Å². The van der Waals surface area contributed by atoms with E-state index in [1.165, 1.54) is 0 Å². The number of carbonyl (C=O) groups is 1. The molecule has 2 saturated heterocycles. The van der Waals surface area contributed by atoms with Crippen LogP contribution in [0.2, 0.25) is 0 Å². The lowest BCUT2D eigenvalue weighted by molar-refractivity contribution is -0.125. The SMILES string of the molecule is O=C(C=Cc1nc2ccccc2s1)N1C[C@@H]2NCCO[C@H]2C1. The Morgan fingerprint density at radius 3 is 3.18 bits per heavy atom. The van der Waals surface area contributed by atoms with Crippen molar-refractivity contribution in [2.45, 2.75) is 12.1 Å². The summed E-state index contributed by atoms with van der Waals surface area (Å²) in [5.74, 6) is 0.0269. The molecule has 0 saturated carbocycles. The lowest BCUT2D eigenvalue weighted by Gasteiger charge is -2.25. The van der Waals surface area contributed by atoms with Gasteiger partial charge < -0.3 is 15.0 Å². The maximum absolute atomic E-state index is 12.3. The van der Waals surface area contributed by atoms with E-state index in [9.17, 15) is 4.79 Å². The molecule has 22 heavy (non-hydrogen) atoms. The number of hydrogen-bond acceptors (Lipinski definition) is 5. The van der Waals surface area contributed by atoms with Crippen molar-refractivity contribution in [1.82, 2.24) is 15.2 Å². The van der Waals surface area contributed by atoms with Gasteiger partial charge >= 0.3 is 0 Å². The maximum Gasteiger partial charge on any atom is 0.246 e. The summed E-state index contributed by atoms with van der Waals surface area (Å²) in [7, 11) is 0. The number of morpholine rings is 1. The number of carbonyl (C=O) groups excluding carboxylic acids is 1. The van der Waals surface area contributed by atoms with Crippen molar-refractivity contribution in [3.63, 3.8) is 0 Å². The predicted octanol–water partition coefficient (Wildman–Crippen LogP) is 1.51. The number of rotatable bonds is 2. The fraction of sp³-hybridized carbons (Fsp3) is 0.375. The van der Waals surface area contributed by atoms with E-state index in [0.29, 0.717) is 13.1 Å². The Labute approximate surface area is 132 Å². The number of likely N-dealkylation sites (tertiary alicyclic amines) is 1. The number of para-hydroxylation sites is 1. The number of aromatic nitrogens is 1. The molecule has 114 valence electrons. The number of hydrogen-bond donors (Lipinski definition) is 1. The van der Waals surface area contributed by atoms with Gasteiger partial charge in [0, 0.05) is 25.7 Å². The van der Waals surface area contributed by atoms with Gasteiger partial charge in [0.25, 0.3) is 0 Å². The molecule has 1 amide bonds. The molecule has 1 aromatic heterocycles. The molecule has 2 atom stereocenters.